The molecule has 0 heterocycles. The lowest BCUT2D eigenvalue weighted by Gasteiger charge is -2.20. The summed E-state index contributed by atoms with van der Waals surface area (Å²) in [5.74, 6) is -0.0650. The zero-order chi connectivity index (χ0) is 10.9. The van der Waals surface area contributed by atoms with Crippen molar-refractivity contribution in [3.63, 3.8) is 0 Å². The summed E-state index contributed by atoms with van der Waals surface area (Å²) < 4.78 is 19.1. The molecule has 78 valence electrons. The molecular weight excluding hydrogens is 247 g/mol. The maximum Gasteiger partial charge on any atom is 0.168 e. The Morgan fingerprint density at radius 1 is 1.29 bits per heavy atom. The lowest BCUT2D eigenvalue weighted by atomic mass is 9.87. The van der Waals surface area contributed by atoms with Crippen molar-refractivity contribution in [2.75, 3.05) is 7.11 Å². The quantitative estimate of drug-likeness (QED) is 0.745. The summed E-state index contributed by atoms with van der Waals surface area (Å²) >= 11 is 3.29. The Labute approximate surface area is 92.4 Å². The lowest BCUT2D eigenvalue weighted by Crippen LogP contribution is -2.11. The Morgan fingerprint density at radius 2 is 1.86 bits per heavy atom. The van der Waals surface area contributed by atoms with Crippen LogP contribution in [0.4, 0.5) is 4.39 Å². The summed E-state index contributed by atoms with van der Waals surface area (Å²) in [6, 6.07) is 3.41. The molecule has 0 unspecified atom stereocenters. The van der Waals surface area contributed by atoms with Gasteiger partial charge in [0.15, 0.2) is 11.6 Å². The van der Waals surface area contributed by atoms with E-state index in [1.54, 1.807) is 0 Å². The van der Waals surface area contributed by atoms with Gasteiger partial charge < -0.3 is 4.74 Å². The lowest BCUT2D eigenvalue weighted by molar-refractivity contribution is 0.382. The number of benzene rings is 1. The predicted molar refractivity (Wildman–Crippen MR) is 59.4 cm³/mol. The molecule has 0 saturated heterocycles. The fourth-order valence-corrected chi connectivity index (χ4v) is 1.79. The van der Waals surface area contributed by atoms with Crippen LogP contribution in [0, 0.1) is 5.82 Å². The van der Waals surface area contributed by atoms with Gasteiger partial charge in [-0.3, -0.25) is 0 Å². The third kappa shape index (κ3) is 2.27. The molecule has 1 rings (SSSR count). The van der Waals surface area contributed by atoms with Crippen LogP contribution in [0.2, 0.25) is 0 Å². The molecule has 0 atom stereocenters. The number of rotatable bonds is 1. The first-order valence-corrected chi connectivity index (χ1v) is 5.19. The van der Waals surface area contributed by atoms with Crippen LogP contribution in [0.5, 0.6) is 5.75 Å². The Hall–Kier alpha value is -0.570. The number of methoxy groups -OCH3 is 1. The predicted octanol–water partition coefficient (Wildman–Crippen LogP) is 3.89. The van der Waals surface area contributed by atoms with E-state index in [2.05, 4.69) is 15.9 Å². The number of hydrogen-bond acceptors (Lipinski definition) is 1. The first-order chi connectivity index (χ1) is 6.36. The van der Waals surface area contributed by atoms with E-state index in [0.717, 1.165) is 5.56 Å². The van der Waals surface area contributed by atoms with Gasteiger partial charge in [0.1, 0.15) is 0 Å². The van der Waals surface area contributed by atoms with Crippen molar-refractivity contribution in [1.82, 2.24) is 0 Å². The van der Waals surface area contributed by atoms with Gasteiger partial charge >= 0.3 is 0 Å². The smallest absolute Gasteiger partial charge is 0.168 e. The van der Waals surface area contributed by atoms with Crippen LogP contribution < -0.4 is 4.74 Å². The molecule has 0 aliphatic rings. The Kier molecular flexibility index (Phi) is 3.20. The molecule has 0 radical (unpaired) electrons. The number of ether oxygens (including phenoxy) is 1. The van der Waals surface area contributed by atoms with Gasteiger partial charge in [-0.25, -0.2) is 4.39 Å². The second-order valence-electron chi connectivity index (χ2n) is 4.22. The van der Waals surface area contributed by atoms with E-state index in [4.69, 9.17) is 4.74 Å². The minimum Gasteiger partial charge on any atom is -0.492 e. The minimum atomic E-state index is -0.327. The third-order valence-corrected chi connectivity index (χ3v) is 2.66. The van der Waals surface area contributed by atoms with Crippen molar-refractivity contribution in [1.29, 1.82) is 0 Å². The number of halogens is 2. The highest BCUT2D eigenvalue weighted by Gasteiger charge is 2.18. The third-order valence-electron chi connectivity index (χ3n) is 2.07. The molecule has 0 saturated carbocycles. The van der Waals surface area contributed by atoms with Gasteiger partial charge in [0.2, 0.25) is 0 Å². The van der Waals surface area contributed by atoms with E-state index in [0.29, 0.717) is 4.47 Å². The van der Waals surface area contributed by atoms with Gasteiger partial charge in [-0.1, -0.05) is 20.8 Å². The summed E-state index contributed by atoms with van der Waals surface area (Å²) in [7, 11) is 1.46. The van der Waals surface area contributed by atoms with Crippen molar-refractivity contribution in [3.8, 4) is 5.75 Å². The zero-order valence-corrected chi connectivity index (χ0v) is 10.4. The summed E-state index contributed by atoms with van der Waals surface area (Å²) in [4.78, 5) is 0. The van der Waals surface area contributed by atoms with Crippen molar-refractivity contribution in [2.24, 2.45) is 0 Å². The molecule has 1 aromatic rings. The molecule has 1 nitrogen and oxygen atoms in total. The highest BCUT2D eigenvalue weighted by molar-refractivity contribution is 9.10. The topological polar surface area (TPSA) is 9.23 Å². The molecule has 3 heteroatoms. The minimum absolute atomic E-state index is 0.0599. The van der Waals surface area contributed by atoms with Gasteiger partial charge in [-0.05, 0) is 39.0 Å². The van der Waals surface area contributed by atoms with E-state index in [1.807, 2.05) is 26.8 Å². The van der Waals surface area contributed by atoms with E-state index < -0.39 is 0 Å². The van der Waals surface area contributed by atoms with Crippen molar-refractivity contribution >= 4 is 15.9 Å². The molecule has 0 fully saturated rings. The Balaban J connectivity index is 3.28. The second kappa shape index (κ2) is 3.89. The molecule has 0 aromatic heterocycles. The molecule has 0 amide bonds. The molecule has 14 heavy (non-hydrogen) atoms. The highest BCUT2D eigenvalue weighted by atomic mass is 79.9. The zero-order valence-electron chi connectivity index (χ0n) is 8.82. The SMILES string of the molecule is COc1c(F)cc(C(C)(C)C)cc1Br. The largest absolute Gasteiger partial charge is 0.492 e. The van der Waals surface area contributed by atoms with E-state index >= 15 is 0 Å². The first kappa shape index (κ1) is 11.5. The van der Waals surface area contributed by atoms with Gasteiger partial charge in [0.05, 0.1) is 11.6 Å². The van der Waals surface area contributed by atoms with Crippen molar-refractivity contribution < 1.29 is 9.13 Å². The highest BCUT2D eigenvalue weighted by Crippen LogP contribution is 2.33. The maximum absolute atomic E-state index is 13.5. The van der Waals surface area contributed by atoms with Crippen LogP contribution in [-0.4, -0.2) is 7.11 Å². The average molecular weight is 261 g/mol. The molecule has 0 N–H and O–H groups in total. The van der Waals surface area contributed by atoms with Crippen LogP contribution in [0.3, 0.4) is 0 Å². The number of hydrogen-bond donors (Lipinski definition) is 0. The summed E-state index contributed by atoms with van der Waals surface area (Å²) in [6.07, 6.45) is 0. The molecule has 0 spiro atoms. The van der Waals surface area contributed by atoms with Gasteiger partial charge in [-0.2, -0.15) is 0 Å². The Morgan fingerprint density at radius 3 is 2.21 bits per heavy atom. The van der Waals surface area contributed by atoms with Crippen LogP contribution in [0.15, 0.2) is 16.6 Å². The van der Waals surface area contributed by atoms with Crippen LogP contribution in [-0.2, 0) is 5.41 Å². The maximum atomic E-state index is 13.5. The normalized spacial score (nSPS) is 11.6. The fraction of sp³-hybridized carbons (Fsp3) is 0.455. The first-order valence-electron chi connectivity index (χ1n) is 4.40. The molecule has 0 aliphatic heterocycles. The van der Waals surface area contributed by atoms with Crippen molar-refractivity contribution in [2.45, 2.75) is 26.2 Å². The van der Waals surface area contributed by atoms with Crippen LogP contribution in [0.1, 0.15) is 26.3 Å². The second-order valence-corrected chi connectivity index (χ2v) is 5.08. The molecule has 0 aliphatic carbocycles. The summed E-state index contributed by atoms with van der Waals surface area (Å²) in [5.41, 5.74) is 0.887. The molecule has 0 bridgehead atoms. The summed E-state index contributed by atoms with van der Waals surface area (Å²) in [5, 5.41) is 0. The van der Waals surface area contributed by atoms with E-state index in [9.17, 15) is 4.39 Å². The molecule has 1 aromatic carbocycles. The van der Waals surface area contributed by atoms with Crippen molar-refractivity contribution in [3.05, 3.63) is 28.0 Å². The average Bonchev–Trinajstić information content (AvgIpc) is 2.01. The Bertz CT molecular complexity index is 319. The van der Waals surface area contributed by atoms with Crippen LogP contribution >= 0.6 is 15.9 Å². The molecular formula is C11H14BrFO. The van der Waals surface area contributed by atoms with Gasteiger partial charge in [0, 0.05) is 0 Å². The summed E-state index contributed by atoms with van der Waals surface area (Å²) in [6.45, 7) is 6.13. The monoisotopic (exact) mass is 260 g/mol. The van der Waals surface area contributed by atoms with E-state index in [-0.39, 0.29) is 17.0 Å². The fourth-order valence-electron chi connectivity index (χ4n) is 1.19. The standard InChI is InChI=1S/C11H14BrFO/c1-11(2,3)7-5-8(12)10(14-4)9(13)6-7/h5-6H,1-4H3. The van der Waals surface area contributed by atoms with Gasteiger partial charge in [-0.15, -0.1) is 0 Å². The van der Waals surface area contributed by atoms with Gasteiger partial charge in [0.25, 0.3) is 0 Å². The van der Waals surface area contributed by atoms with Crippen LogP contribution in [0.25, 0.3) is 0 Å². The van der Waals surface area contributed by atoms with E-state index in [1.165, 1.54) is 13.2 Å².